The van der Waals surface area contributed by atoms with E-state index in [1.165, 1.54) is 6.07 Å². The molecule has 1 aromatic rings. The van der Waals surface area contributed by atoms with Gasteiger partial charge in [-0.2, -0.15) is 5.26 Å². The van der Waals surface area contributed by atoms with E-state index in [0.717, 1.165) is 0 Å². The second-order valence-electron chi connectivity index (χ2n) is 5.78. The van der Waals surface area contributed by atoms with Gasteiger partial charge in [-0.1, -0.05) is 32.0 Å². The van der Waals surface area contributed by atoms with Gasteiger partial charge in [-0.3, -0.25) is 9.69 Å². The van der Waals surface area contributed by atoms with Crippen LogP contribution < -0.4 is 5.32 Å². The number of halogens is 1. The largest absolute Gasteiger partial charge is 0.337 e. The van der Waals surface area contributed by atoms with E-state index in [2.05, 4.69) is 11.4 Å². The fourth-order valence-corrected chi connectivity index (χ4v) is 1.85. The Bertz CT molecular complexity index is 539. The summed E-state index contributed by atoms with van der Waals surface area (Å²) in [5.41, 5.74) is -0.352. The summed E-state index contributed by atoms with van der Waals surface area (Å²) in [4.78, 5) is 13.7. The standard InChI is InChI=1S/C16H22FN3O/c1-12(2)16(3,11-18)19-15(21)10-20(4)9-13-7-5-6-8-14(13)17/h5-8,12H,9-10H2,1-4H3,(H,19,21). The summed E-state index contributed by atoms with van der Waals surface area (Å²) in [6.07, 6.45) is 0. The summed E-state index contributed by atoms with van der Waals surface area (Å²) in [7, 11) is 1.74. The topological polar surface area (TPSA) is 56.1 Å². The van der Waals surface area contributed by atoms with Crippen molar-refractivity contribution in [2.45, 2.75) is 32.9 Å². The first-order valence-corrected chi connectivity index (χ1v) is 6.92. The number of hydrogen-bond donors (Lipinski definition) is 1. The van der Waals surface area contributed by atoms with Crippen LogP contribution in [0.15, 0.2) is 24.3 Å². The smallest absolute Gasteiger partial charge is 0.235 e. The van der Waals surface area contributed by atoms with Crippen molar-refractivity contribution in [1.82, 2.24) is 10.2 Å². The molecule has 0 aromatic heterocycles. The fraction of sp³-hybridized carbons (Fsp3) is 0.500. The molecule has 1 amide bonds. The van der Waals surface area contributed by atoms with Gasteiger partial charge in [0.2, 0.25) is 5.91 Å². The summed E-state index contributed by atoms with van der Waals surface area (Å²) in [5.74, 6) is -0.524. The van der Waals surface area contributed by atoms with Crippen molar-refractivity contribution in [2.75, 3.05) is 13.6 Å². The van der Waals surface area contributed by atoms with E-state index in [1.54, 1.807) is 37.1 Å². The van der Waals surface area contributed by atoms with Gasteiger partial charge >= 0.3 is 0 Å². The van der Waals surface area contributed by atoms with E-state index < -0.39 is 5.54 Å². The zero-order valence-corrected chi connectivity index (χ0v) is 13.0. The monoisotopic (exact) mass is 291 g/mol. The lowest BCUT2D eigenvalue weighted by Crippen LogP contribution is -2.51. The van der Waals surface area contributed by atoms with Crippen LogP contribution in [-0.4, -0.2) is 29.9 Å². The summed E-state index contributed by atoms with van der Waals surface area (Å²) in [6.45, 7) is 5.91. The molecule has 0 fully saturated rings. The Morgan fingerprint density at radius 1 is 1.48 bits per heavy atom. The number of nitrogens with one attached hydrogen (secondary N) is 1. The van der Waals surface area contributed by atoms with Gasteiger partial charge in [-0.05, 0) is 26.0 Å². The summed E-state index contributed by atoms with van der Waals surface area (Å²) in [5, 5.41) is 11.9. The normalized spacial score (nSPS) is 13.8. The minimum Gasteiger partial charge on any atom is -0.337 e. The van der Waals surface area contributed by atoms with Crippen LogP contribution in [0.1, 0.15) is 26.3 Å². The van der Waals surface area contributed by atoms with E-state index in [9.17, 15) is 14.4 Å². The Morgan fingerprint density at radius 2 is 2.10 bits per heavy atom. The number of nitrogens with zero attached hydrogens (tertiary/aromatic N) is 2. The molecule has 0 aliphatic rings. The first-order chi connectivity index (χ1) is 9.78. The van der Waals surface area contributed by atoms with Crippen molar-refractivity contribution in [3.8, 4) is 6.07 Å². The average molecular weight is 291 g/mol. The number of nitriles is 1. The van der Waals surface area contributed by atoms with Gasteiger partial charge in [0.25, 0.3) is 0 Å². The first kappa shape index (κ1) is 17.1. The minimum absolute atomic E-state index is 0.00308. The molecule has 0 heterocycles. The highest BCUT2D eigenvalue weighted by molar-refractivity contribution is 5.79. The molecular formula is C16H22FN3O. The molecule has 1 N–H and O–H groups in total. The maximum absolute atomic E-state index is 13.5. The molecule has 0 bridgehead atoms. The number of carbonyl (C=O) groups is 1. The third kappa shape index (κ3) is 4.83. The SMILES string of the molecule is CC(C)C(C)(C#N)NC(=O)CN(C)Cc1ccccc1F. The van der Waals surface area contributed by atoms with Crippen molar-refractivity contribution in [2.24, 2.45) is 5.92 Å². The lowest BCUT2D eigenvalue weighted by Gasteiger charge is -2.28. The predicted molar refractivity (Wildman–Crippen MR) is 79.7 cm³/mol. The lowest BCUT2D eigenvalue weighted by molar-refractivity contribution is -0.123. The zero-order chi connectivity index (χ0) is 16.0. The highest BCUT2D eigenvalue weighted by atomic mass is 19.1. The lowest BCUT2D eigenvalue weighted by atomic mass is 9.90. The van der Waals surface area contributed by atoms with Gasteiger partial charge in [-0.25, -0.2) is 4.39 Å². The van der Waals surface area contributed by atoms with Gasteiger partial charge in [-0.15, -0.1) is 0 Å². The number of hydrogen-bond acceptors (Lipinski definition) is 3. The molecule has 0 saturated carbocycles. The van der Waals surface area contributed by atoms with Crippen molar-refractivity contribution >= 4 is 5.91 Å². The minimum atomic E-state index is -0.893. The summed E-state index contributed by atoms with van der Waals surface area (Å²) >= 11 is 0. The van der Waals surface area contributed by atoms with E-state index in [1.807, 2.05) is 13.8 Å². The molecule has 1 atom stereocenters. The Labute approximate surface area is 125 Å². The third-order valence-corrected chi connectivity index (χ3v) is 3.60. The molecule has 114 valence electrons. The number of likely N-dealkylation sites (N-methyl/N-ethyl adjacent to an activating group) is 1. The van der Waals surface area contributed by atoms with Crippen molar-refractivity contribution in [3.63, 3.8) is 0 Å². The molecule has 0 aliphatic carbocycles. The van der Waals surface area contributed by atoms with Crippen LogP contribution in [0.25, 0.3) is 0 Å². The molecule has 4 nitrogen and oxygen atoms in total. The second kappa shape index (κ2) is 7.19. The highest BCUT2D eigenvalue weighted by Gasteiger charge is 2.30. The Balaban J connectivity index is 2.59. The molecule has 1 aromatic carbocycles. The molecule has 21 heavy (non-hydrogen) atoms. The number of amides is 1. The quantitative estimate of drug-likeness (QED) is 0.875. The molecule has 0 radical (unpaired) electrons. The van der Waals surface area contributed by atoms with E-state index in [-0.39, 0.29) is 24.2 Å². The van der Waals surface area contributed by atoms with Crippen LogP contribution in [0, 0.1) is 23.1 Å². The van der Waals surface area contributed by atoms with E-state index in [0.29, 0.717) is 12.1 Å². The summed E-state index contributed by atoms with van der Waals surface area (Å²) < 4.78 is 13.5. The maximum Gasteiger partial charge on any atom is 0.235 e. The van der Waals surface area contributed by atoms with Gasteiger partial charge in [0.05, 0.1) is 12.6 Å². The van der Waals surface area contributed by atoms with E-state index >= 15 is 0 Å². The molecular weight excluding hydrogens is 269 g/mol. The number of rotatable bonds is 6. The van der Waals surface area contributed by atoms with Crippen LogP contribution in [-0.2, 0) is 11.3 Å². The maximum atomic E-state index is 13.5. The molecule has 0 aliphatic heterocycles. The van der Waals surface area contributed by atoms with Crippen LogP contribution in [0.4, 0.5) is 4.39 Å². The Hall–Kier alpha value is -1.93. The van der Waals surface area contributed by atoms with E-state index in [4.69, 9.17) is 0 Å². The fourth-order valence-electron chi connectivity index (χ4n) is 1.85. The van der Waals surface area contributed by atoms with Crippen LogP contribution >= 0.6 is 0 Å². The Morgan fingerprint density at radius 3 is 2.62 bits per heavy atom. The predicted octanol–water partition coefficient (Wildman–Crippen LogP) is 2.31. The highest BCUT2D eigenvalue weighted by Crippen LogP contribution is 2.15. The van der Waals surface area contributed by atoms with Gasteiger partial charge in [0, 0.05) is 12.1 Å². The molecule has 0 saturated heterocycles. The average Bonchev–Trinajstić information content (AvgIpc) is 2.40. The number of carbonyl (C=O) groups excluding carboxylic acids is 1. The van der Waals surface area contributed by atoms with Crippen molar-refractivity contribution in [1.29, 1.82) is 5.26 Å². The Kier molecular flexibility index (Phi) is 5.86. The number of benzene rings is 1. The van der Waals surface area contributed by atoms with Crippen LogP contribution in [0.5, 0.6) is 0 Å². The summed E-state index contributed by atoms with van der Waals surface area (Å²) in [6, 6.07) is 8.61. The van der Waals surface area contributed by atoms with Gasteiger partial charge in [0.15, 0.2) is 0 Å². The first-order valence-electron chi connectivity index (χ1n) is 6.92. The van der Waals surface area contributed by atoms with Gasteiger partial charge < -0.3 is 5.32 Å². The van der Waals surface area contributed by atoms with Gasteiger partial charge in [0.1, 0.15) is 11.4 Å². The third-order valence-electron chi connectivity index (χ3n) is 3.60. The van der Waals surface area contributed by atoms with Crippen LogP contribution in [0.2, 0.25) is 0 Å². The van der Waals surface area contributed by atoms with Crippen LogP contribution in [0.3, 0.4) is 0 Å². The molecule has 1 unspecified atom stereocenters. The molecule has 5 heteroatoms. The zero-order valence-electron chi connectivity index (χ0n) is 13.0. The molecule has 1 rings (SSSR count). The molecule has 0 spiro atoms. The van der Waals surface area contributed by atoms with Crippen molar-refractivity contribution in [3.05, 3.63) is 35.6 Å². The second-order valence-corrected chi connectivity index (χ2v) is 5.78. The van der Waals surface area contributed by atoms with Crippen molar-refractivity contribution < 1.29 is 9.18 Å².